The molecule has 150 valence electrons. The second-order valence-electron chi connectivity index (χ2n) is 6.16. The number of nitrogens with one attached hydrogen (secondary N) is 2. The predicted molar refractivity (Wildman–Crippen MR) is 120 cm³/mol. The molecule has 3 aromatic rings. The van der Waals surface area contributed by atoms with Crippen LogP contribution < -0.4 is 20.1 Å². The normalized spacial score (nSPS) is 10.3. The van der Waals surface area contributed by atoms with Gasteiger partial charge >= 0.3 is 0 Å². The van der Waals surface area contributed by atoms with Crippen LogP contribution in [-0.2, 0) is 11.3 Å². The molecule has 0 bridgehead atoms. The van der Waals surface area contributed by atoms with Gasteiger partial charge in [0, 0.05) is 16.7 Å². The molecule has 0 aliphatic heterocycles. The Bertz CT molecular complexity index is 980. The molecule has 0 saturated heterocycles. The van der Waals surface area contributed by atoms with Crippen LogP contribution in [0, 0.1) is 0 Å². The van der Waals surface area contributed by atoms with Gasteiger partial charge < -0.3 is 20.1 Å². The van der Waals surface area contributed by atoms with Gasteiger partial charge in [0.2, 0.25) is 0 Å². The maximum Gasteiger partial charge on any atom is 0.262 e. The average Bonchev–Trinajstić information content (AvgIpc) is 2.73. The second kappa shape index (κ2) is 10.2. The van der Waals surface area contributed by atoms with Crippen molar-refractivity contribution in [2.75, 3.05) is 24.4 Å². The van der Waals surface area contributed by atoms with Gasteiger partial charge in [-0.2, -0.15) is 0 Å². The fourth-order valence-electron chi connectivity index (χ4n) is 2.61. The smallest absolute Gasteiger partial charge is 0.262 e. The Balaban J connectivity index is 1.57. The molecule has 0 unspecified atom stereocenters. The summed E-state index contributed by atoms with van der Waals surface area (Å²) >= 11 is 9.47. The number of halogens is 2. The molecule has 0 saturated carbocycles. The highest BCUT2D eigenvalue weighted by Crippen LogP contribution is 2.29. The number of ether oxygens (including phenoxy) is 2. The van der Waals surface area contributed by atoms with Crippen LogP contribution in [0.5, 0.6) is 11.5 Å². The van der Waals surface area contributed by atoms with E-state index in [9.17, 15) is 4.79 Å². The fraction of sp³-hybridized carbons (Fsp3) is 0.136. The largest absolute Gasteiger partial charge is 0.493 e. The van der Waals surface area contributed by atoms with Gasteiger partial charge in [-0.3, -0.25) is 4.79 Å². The molecule has 0 fully saturated rings. The van der Waals surface area contributed by atoms with Crippen LogP contribution in [0.15, 0.2) is 71.2 Å². The highest BCUT2D eigenvalue weighted by molar-refractivity contribution is 9.10. The van der Waals surface area contributed by atoms with Crippen LogP contribution in [0.25, 0.3) is 0 Å². The Morgan fingerprint density at radius 3 is 2.52 bits per heavy atom. The third-order valence-corrected chi connectivity index (χ3v) is 4.93. The van der Waals surface area contributed by atoms with Crippen LogP contribution in [0.3, 0.4) is 0 Å². The van der Waals surface area contributed by atoms with Gasteiger partial charge in [-0.05, 0) is 54.1 Å². The lowest BCUT2D eigenvalue weighted by atomic mass is 10.2. The van der Waals surface area contributed by atoms with Crippen molar-refractivity contribution in [1.29, 1.82) is 0 Å². The molecule has 0 aromatic heterocycles. The van der Waals surface area contributed by atoms with Crippen molar-refractivity contribution >= 4 is 44.8 Å². The topological polar surface area (TPSA) is 59.6 Å². The molecule has 1 amide bonds. The number of carbonyl (C=O) groups excluding carboxylic acids is 1. The van der Waals surface area contributed by atoms with E-state index in [1.807, 2.05) is 36.4 Å². The Labute approximate surface area is 183 Å². The van der Waals surface area contributed by atoms with E-state index in [1.165, 1.54) is 0 Å². The highest BCUT2D eigenvalue weighted by Gasteiger charge is 2.10. The number of para-hydroxylation sites is 1. The first-order valence-corrected chi connectivity index (χ1v) is 10.1. The number of hydrogen-bond donors (Lipinski definition) is 2. The van der Waals surface area contributed by atoms with Gasteiger partial charge in [0.1, 0.15) is 0 Å². The molecule has 7 heteroatoms. The van der Waals surface area contributed by atoms with Gasteiger partial charge in [-0.1, -0.05) is 45.7 Å². The van der Waals surface area contributed by atoms with E-state index in [0.29, 0.717) is 28.8 Å². The molecular weight excluding hydrogens is 456 g/mol. The van der Waals surface area contributed by atoms with Crippen molar-refractivity contribution in [3.63, 3.8) is 0 Å². The lowest BCUT2D eigenvalue weighted by Gasteiger charge is -2.13. The summed E-state index contributed by atoms with van der Waals surface area (Å²) in [5, 5.41) is 6.54. The Morgan fingerprint density at radius 1 is 1.03 bits per heavy atom. The van der Waals surface area contributed by atoms with E-state index in [4.69, 9.17) is 21.1 Å². The summed E-state index contributed by atoms with van der Waals surface area (Å²) in [6.07, 6.45) is 0. The maximum absolute atomic E-state index is 12.1. The van der Waals surface area contributed by atoms with E-state index < -0.39 is 0 Å². The number of hydrogen-bond acceptors (Lipinski definition) is 4. The van der Waals surface area contributed by atoms with Gasteiger partial charge in [0.05, 0.1) is 17.8 Å². The van der Waals surface area contributed by atoms with E-state index in [2.05, 4.69) is 26.6 Å². The average molecular weight is 476 g/mol. The second-order valence-corrected chi connectivity index (χ2v) is 7.49. The lowest BCUT2D eigenvalue weighted by molar-refractivity contribution is -0.118. The summed E-state index contributed by atoms with van der Waals surface area (Å²) in [4.78, 5) is 12.1. The molecule has 0 spiro atoms. The Hall–Kier alpha value is -2.70. The molecule has 0 heterocycles. The van der Waals surface area contributed by atoms with E-state index >= 15 is 0 Å². The zero-order valence-electron chi connectivity index (χ0n) is 15.7. The van der Waals surface area contributed by atoms with Crippen molar-refractivity contribution in [2.45, 2.75) is 6.54 Å². The van der Waals surface area contributed by atoms with Crippen LogP contribution in [-0.4, -0.2) is 19.6 Å². The summed E-state index contributed by atoms with van der Waals surface area (Å²) in [7, 11) is 1.57. The third-order valence-electron chi connectivity index (χ3n) is 4.08. The van der Waals surface area contributed by atoms with Gasteiger partial charge in [0.25, 0.3) is 5.91 Å². The molecule has 0 aliphatic carbocycles. The minimum Gasteiger partial charge on any atom is -0.493 e. The van der Waals surface area contributed by atoms with E-state index in [1.54, 1.807) is 37.4 Å². The SMILES string of the molecule is COc1cc(CNc2ccc(Br)cc2)ccc1OCC(=O)Nc1ccccc1Cl. The first kappa shape index (κ1) is 21.0. The van der Waals surface area contributed by atoms with Crippen molar-refractivity contribution in [1.82, 2.24) is 0 Å². The number of carbonyl (C=O) groups is 1. The maximum atomic E-state index is 12.1. The zero-order valence-corrected chi connectivity index (χ0v) is 18.1. The quantitative estimate of drug-likeness (QED) is 0.436. The van der Waals surface area contributed by atoms with Crippen molar-refractivity contribution in [3.05, 3.63) is 81.8 Å². The number of rotatable bonds is 8. The Morgan fingerprint density at radius 2 is 1.79 bits per heavy atom. The molecule has 5 nitrogen and oxygen atoms in total. The molecule has 29 heavy (non-hydrogen) atoms. The number of methoxy groups -OCH3 is 1. The van der Waals surface area contributed by atoms with Gasteiger partial charge in [-0.25, -0.2) is 0 Å². The minimum absolute atomic E-state index is 0.155. The predicted octanol–water partition coefficient (Wildman–Crippen LogP) is 5.74. The van der Waals surface area contributed by atoms with E-state index in [0.717, 1.165) is 15.7 Å². The molecule has 3 rings (SSSR count). The van der Waals surface area contributed by atoms with Gasteiger partial charge in [0.15, 0.2) is 18.1 Å². The molecular formula is C22H20BrClN2O3. The standard InChI is InChI=1S/C22H20BrClN2O3/c1-28-21-12-15(13-25-17-9-7-16(23)8-10-17)6-11-20(21)29-14-22(27)26-19-5-3-2-4-18(19)24/h2-12,25H,13-14H2,1H3,(H,26,27). The number of anilines is 2. The third kappa shape index (κ3) is 6.14. The minimum atomic E-state index is -0.305. The van der Waals surface area contributed by atoms with Crippen LogP contribution in [0.1, 0.15) is 5.56 Å². The number of amides is 1. The number of benzene rings is 3. The molecule has 0 aliphatic rings. The molecule has 3 aromatic carbocycles. The van der Waals surface area contributed by atoms with Crippen molar-refractivity contribution in [2.24, 2.45) is 0 Å². The molecule has 2 N–H and O–H groups in total. The zero-order chi connectivity index (χ0) is 20.6. The first-order chi connectivity index (χ1) is 14.0. The van der Waals surface area contributed by atoms with Crippen LogP contribution in [0.2, 0.25) is 5.02 Å². The van der Waals surface area contributed by atoms with Crippen molar-refractivity contribution < 1.29 is 14.3 Å². The van der Waals surface area contributed by atoms with Crippen LogP contribution in [0.4, 0.5) is 11.4 Å². The van der Waals surface area contributed by atoms with E-state index in [-0.39, 0.29) is 12.5 Å². The lowest BCUT2D eigenvalue weighted by Crippen LogP contribution is -2.20. The monoisotopic (exact) mass is 474 g/mol. The van der Waals surface area contributed by atoms with Crippen molar-refractivity contribution in [3.8, 4) is 11.5 Å². The summed E-state index contributed by atoms with van der Waals surface area (Å²) in [5.41, 5.74) is 2.59. The summed E-state index contributed by atoms with van der Waals surface area (Å²) < 4.78 is 12.1. The first-order valence-electron chi connectivity index (χ1n) is 8.88. The summed E-state index contributed by atoms with van der Waals surface area (Å²) in [5.74, 6) is 0.751. The summed E-state index contributed by atoms with van der Waals surface area (Å²) in [6, 6.07) is 20.6. The Kier molecular flexibility index (Phi) is 7.38. The van der Waals surface area contributed by atoms with Crippen LogP contribution >= 0.6 is 27.5 Å². The summed E-state index contributed by atoms with van der Waals surface area (Å²) in [6.45, 7) is 0.476. The molecule has 0 radical (unpaired) electrons. The molecule has 0 atom stereocenters. The fourth-order valence-corrected chi connectivity index (χ4v) is 3.05. The highest BCUT2D eigenvalue weighted by atomic mass is 79.9. The van der Waals surface area contributed by atoms with Gasteiger partial charge in [-0.15, -0.1) is 0 Å².